The van der Waals surface area contributed by atoms with Gasteiger partial charge in [0.15, 0.2) is 0 Å². The van der Waals surface area contributed by atoms with Gasteiger partial charge in [0.2, 0.25) is 0 Å². The third-order valence-corrected chi connectivity index (χ3v) is 4.36. The van der Waals surface area contributed by atoms with Crippen molar-refractivity contribution in [3.8, 4) is 0 Å². The summed E-state index contributed by atoms with van der Waals surface area (Å²) in [5, 5.41) is 2.19. The smallest absolute Gasteiger partial charge is 0.0605 e. The molecule has 1 aromatic heterocycles. The van der Waals surface area contributed by atoms with Crippen molar-refractivity contribution in [1.82, 2.24) is 0 Å². The molecule has 1 aromatic carbocycles. The Kier molecular flexibility index (Phi) is 2.56. The predicted octanol–water partition coefficient (Wildman–Crippen LogP) is 3.20. The number of rotatable bonds is 1. The summed E-state index contributed by atoms with van der Waals surface area (Å²) in [5.41, 5.74) is 10.9. The Bertz CT molecular complexity index is 545. The zero-order valence-electron chi connectivity index (χ0n) is 9.94. The van der Waals surface area contributed by atoms with Crippen LogP contribution in [0.15, 0.2) is 29.6 Å². The van der Waals surface area contributed by atoms with Gasteiger partial charge in [0.25, 0.3) is 0 Å². The van der Waals surface area contributed by atoms with Crippen molar-refractivity contribution in [2.45, 2.75) is 19.9 Å². The second-order valence-electron chi connectivity index (χ2n) is 4.60. The second kappa shape index (κ2) is 4.08. The molecule has 1 aliphatic rings. The number of hydrogen-bond acceptors (Lipinski definition) is 3. The van der Waals surface area contributed by atoms with E-state index < -0.39 is 0 Å². The van der Waals surface area contributed by atoms with Crippen molar-refractivity contribution < 1.29 is 0 Å². The molecule has 3 heteroatoms. The average molecular weight is 244 g/mol. The maximum absolute atomic E-state index is 6.08. The normalized spacial score (nSPS) is 14.8. The first-order valence-corrected chi connectivity index (χ1v) is 6.78. The first-order chi connectivity index (χ1) is 8.24. The molecule has 0 saturated carbocycles. The number of aryl methyl sites for hydroxylation is 1. The molecule has 0 amide bonds. The number of nitrogens with zero attached hydrogens (tertiary/aromatic N) is 1. The molecule has 0 atom stereocenters. The Balaban J connectivity index is 1.94. The van der Waals surface area contributed by atoms with E-state index in [1.54, 1.807) is 0 Å². The standard InChI is InChI=1S/C14H16N2S/c1-10-2-3-12(15)13(8-10)16-6-4-14-11(9-16)5-7-17-14/h2-3,5,7-8H,4,6,9,15H2,1H3. The van der Waals surface area contributed by atoms with E-state index in [4.69, 9.17) is 5.73 Å². The van der Waals surface area contributed by atoms with E-state index in [0.717, 1.165) is 25.2 Å². The van der Waals surface area contributed by atoms with Crippen LogP contribution in [-0.4, -0.2) is 6.54 Å². The number of thiophene rings is 1. The lowest BCUT2D eigenvalue weighted by Crippen LogP contribution is -2.30. The van der Waals surface area contributed by atoms with Crippen LogP contribution in [0.3, 0.4) is 0 Å². The molecule has 17 heavy (non-hydrogen) atoms. The minimum absolute atomic E-state index is 0.884. The third-order valence-electron chi connectivity index (χ3n) is 3.33. The van der Waals surface area contributed by atoms with E-state index in [2.05, 4.69) is 35.4 Å². The Labute approximate surface area is 106 Å². The van der Waals surface area contributed by atoms with Crippen LogP contribution in [0.5, 0.6) is 0 Å². The van der Waals surface area contributed by atoms with Crippen molar-refractivity contribution in [1.29, 1.82) is 0 Å². The second-order valence-corrected chi connectivity index (χ2v) is 5.60. The zero-order valence-corrected chi connectivity index (χ0v) is 10.8. The van der Waals surface area contributed by atoms with Crippen molar-refractivity contribution in [2.24, 2.45) is 0 Å². The highest BCUT2D eigenvalue weighted by molar-refractivity contribution is 7.10. The van der Waals surface area contributed by atoms with E-state index in [9.17, 15) is 0 Å². The van der Waals surface area contributed by atoms with Gasteiger partial charge in [0.1, 0.15) is 0 Å². The largest absolute Gasteiger partial charge is 0.397 e. The molecule has 2 nitrogen and oxygen atoms in total. The number of fused-ring (bicyclic) bond motifs is 1. The van der Waals surface area contributed by atoms with E-state index in [0.29, 0.717) is 0 Å². The molecule has 2 N–H and O–H groups in total. The molecule has 0 bridgehead atoms. The van der Waals surface area contributed by atoms with Gasteiger partial charge >= 0.3 is 0 Å². The summed E-state index contributed by atoms with van der Waals surface area (Å²) in [6.07, 6.45) is 1.14. The minimum Gasteiger partial charge on any atom is -0.397 e. The summed E-state index contributed by atoms with van der Waals surface area (Å²) in [7, 11) is 0. The van der Waals surface area contributed by atoms with Crippen LogP contribution >= 0.6 is 11.3 Å². The van der Waals surface area contributed by atoms with Gasteiger partial charge in [-0.1, -0.05) is 6.07 Å². The highest BCUT2D eigenvalue weighted by atomic mass is 32.1. The molecule has 2 aromatic rings. The number of hydrogen-bond donors (Lipinski definition) is 1. The fourth-order valence-corrected chi connectivity index (χ4v) is 3.27. The first-order valence-electron chi connectivity index (χ1n) is 5.90. The molecular formula is C14H16N2S. The molecule has 0 aliphatic carbocycles. The Morgan fingerprint density at radius 3 is 3.06 bits per heavy atom. The van der Waals surface area contributed by atoms with E-state index in [1.165, 1.54) is 21.7 Å². The van der Waals surface area contributed by atoms with Crippen LogP contribution < -0.4 is 10.6 Å². The molecule has 0 spiro atoms. The zero-order chi connectivity index (χ0) is 11.8. The number of benzene rings is 1. The summed E-state index contributed by atoms with van der Waals surface area (Å²) in [6.45, 7) is 4.18. The number of anilines is 2. The van der Waals surface area contributed by atoms with Crippen molar-refractivity contribution in [2.75, 3.05) is 17.2 Å². The number of nitrogens with two attached hydrogens (primary N) is 1. The van der Waals surface area contributed by atoms with Gasteiger partial charge in [0.05, 0.1) is 11.4 Å². The molecular weight excluding hydrogens is 228 g/mol. The van der Waals surface area contributed by atoms with Crippen LogP contribution in [0.4, 0.5) is 11.4 Å². The van der Waals surface area contributed by atoms with Crippen LogP contribution in [0.2, 0.25) is 0 Å². The van der Waals surface area contributed by atoms with E-state index in [1.807, 2.05) is 17.4 Å². The SMILES string of the molecule is Cc1ccc(N)c(N2CCc3sccc3C2)c1. The summed E-state index contributed by atoms with van der Waals surface area (Å²) < 4.78 is 0. The van der Waals surface area contributed by atoms with Gasteiger partial charge in [-0.3, -0.25) is 0 Å². The lowest BCUT2D eigenvalue weighted by atomic mass is 10.1. The Hall–Kier alpha value is -1.48. The van der Waals surface area contributed by atoms with Crippen molar-refractivity contribution in [3.05, 3.63) is 45.6 Å². The maximum atomic E-state index is 6.08. The van der Waals surface area contributed by atoms with Gasteiger partial charge in [-0.25, -0.2) is 0 Å². The topological polar surface area (TPSA) is 29.3 Å². The van der Waals surface area contributed by atoms with Crippen molar-refractivity contribution in [3.63, 3.8) is 0 Å². The van der Waals surface area contributed by atoms with Gasteiger partial charge in [-0.15, -0.1) is 11.3 Å². The van der Waals surface area contributed by atoms with E-state index >= 15 is 0 Å². The monoisotopic (exact) mass is 244 g/mol. The summed E-state index contributed by atoms with van der Waals surface area (Å²) in [4.78, 5) is 3.92. The molecule has 2 heterocycles. The fourth-order valence-electron chi connectivity index (χ4n) is 2.38. The quantitative estimate of drug-likeness (QED) is 0.781. The Morgan fingerprint density at radius 1 is 1.29 bits per heavy atom. The van der Waals surface area contributed by atoms with Crippen LogP contribution in [0.25, 0.3) is 0 Å². The van der Waals surface area contributed by atoms with Crippen LogP contribution in [0.1, 0.15) is 16.0 Å². The molecule has 0 fully saturated rings. The molecule has 0 saturated heterocycles. The summed E-state index contributed by atoms with van der Waals surface area (Å²) in [5.74, 6) is 0. The predicted molar refractivity (Wildman–Crippen MR) is 74.7 cm³/mol. The summed E-state index contributed by atoms with van der Waals surface area (Å²) >= 11 is 1.87. The third kappa shape index (κ3) is 1.91. The lowest BCUT2D eigenvalue weighted by Gasteiger charge is -2.30. The van der Waals surface area contributed by atoms with Gasteiger partial charge in [-0.2, -0.15) is 0 Å². The first kappa shape index (κ1) is 10.7. The van der Waals surface area contributed by atoms with Gasteiger partial charge < -0.3 is 10.6 Å². The minimum atomic E-state index is 0.884. The molecule has 88 valence electrons. The van der Waals surface area contributed by atoms with Crippen LogP contribution in [-0.2, 0) is 13.0 Å². The van der Waals surface area contributed by atoms with Gasteiger partial charge in [-0.05, 0) is 48.1 Å². The average Bonchev–Trinajstić information content (AvgIpc) is 2.79. The lowest BCUT2D eigenvalue weighted by molar-refractivity contribution is 0.744. The molecule has 0 unspecified atom stereocenters. The number of nitrogen functional groups attached to an aromatic ring is 1. The maximum Gasteiger partial charge on any atom is 0.0605 e. The molecule has 0 radical (unpaired) electrons. The highest BCUT2D eigenvalue weighted by Gasteiger charge is 2.18. The Morgan fingerprint density at radius 2 is 2.18 bits per heavy atom. The summed E-state index contributed by atoms with van der Waals surface area (Å²) in [6, 6.07) is 8.50. The highest BCUT2D eigenvalue weighted by Crippen LogP contribution is 2.31. The molecule has 1 aliphatic heterocycles. The van der Waals surface area contributed by atoms with E-state index in [-0.39, 0.29) is 0 Å². The molecule has 3 rings (SSSR count). The fraction of sp³-hybridized carbons (Fsp3) is 0.286. The van der Waals surface area contributed by atoms with Gasteiger partial charge in [0, 0.05) is 18.0 Å². The van der Waals surface area contributed by atoms with Crippen LogP contribution in [0, 0.1) is 6.92 Å². The van der Waals surface area contributed by atoms with Crippen molar-refractivity contribution >= 4 is 22.7 Å².